The second-order valence-electron chi connectivity index (χ2n) is 5.40. The molecule has 1 aromatic rings. The van der Waals surface area contributed by atoms with E-state index in [1.807, 2.05) is 0 Å². The lowest BCUT2D eigenvalue weighted by Crippen LogP contribution is -2.21. The van der Waals surface area contributed by atoms with E-state index < -0.39 is 11.2 Å². The van der Waals surface area contributed by atoms with Crippen LogP contribution in [0.4, 0.5) is 13.2 Å². The van der Waals surface area contributed by atoms with E-state index >= 15 is 0 Å². The second kappa shape index (κ2) is 6.24. The maximum Gasteiger partial charge on any atom is 0.443 e. The molecule has 0 N–H and O–H groups in total. The van der Waals surface area contributed by atoms with Crippen molar-refractivity contribution in [1.29, 1.82) is 0 Å². The van der Waals surface area contributed by atoms with Crippen LogP contribution in [0.1, 0.15) is 60.1 Å². The molecule has 20 heavy (non-hydrogen) atoms. The van der Waals surface area contributed by atoms with Crippen LogP contribution in [0.3, 0.4) is 0 Å². The maximum atomic E-state index is 12.5. The number of carbonyl (C=O) groups excluding carboxylic acids is 1. The zero-order valence-electron chi connectivity index (χ0n) is 11.4. The summed E-state index contributed by atoms with van der Waals surface area (Å²) in [6.07, 6.45) is 2.55. The van der Waals surface area contributed by atoms with Crippen molar-refractivity contribution in [2.45, 2.75) is 51.6 Å². The number of ketones is 1. The quantitative estimate of drug-likeness (QED) is 0.737. The molecule has 0 unspecified atom stereocenters. The number of hydrogen-bond acceptors (Lipinski definition) is 3. The van der Waals surface area contributed by atoms with E-state index in [9.17, 15) is 18.0 Å². The molecule has 1 fully saturated rings. The number of halogens is 3. The number of thiazole rings is 1. The van der Waals surface area contributed by atoms with Gasteiger partial charge >= 0.3 is 6.18 Å². The molecule has 0 bridgehead atoms. The standard InChI is InChI=1S/C14H18F3NOS/c1-2-3-9-4-6-10(7-5-9)12(19)11-8-18-13(20-11)14(15,16)17/h8-10H,2-7H2,1H3. The lowest BCUT2D eigenvalue weighted by molar-refractivity contribution is -0.137. The number of hydrogen-bond donors (Lipinski definition) is 0. The molecule has 1 aliphatic carbocycles. The Morgan fingerprint density at radius 2 is 2.00 bits per heavy atom. The van der Waals surface area contributed by atoms with Crippen molar-refractivity contribution in [3.05, 3.63) is 16.1 Å². The number of Topliss-reactive ketones (excluding diaryl/α,β-unsaturated/α-hetero) is 1. The highest BCUT2D eigenvalue weighted by molar-refractivity contribution is 7.13. The van der Waals surface area contributed by atoms with Crippen molar-refractivity contribution in [2.24, 2.45) is 11.8 Å². The summed E-state index contributed by atoms with van der Waals surface area (Å²) in [4.78, 5) is 15.7. The van der Waals surface area contributed by atoms with Gasteiger partial charge in [-0.05, 0) is 31.6 Å². The van der Waals surface area contributed by atoms with E-state index in [2.05, 4.69) is 11.9 Å². The normalized spacial score (nSPS) is 23.8. The van der Waals surface area contributed by atoms with Crippen LogP contribution >= 0.6 is 11.3 Å². The van der Waals surface area contributed by atoms with Crippen LogP contribution in [0.5, 0.6) is 0 Å². The summed E-state index contributed by atoms with van der Waals surface area (Å²) in [5, 5.41) is -0.930. The summed E-state index contributed by atoms with van der Waals surface area (Å²) in [5.41, 5.74) is 0. The van der Waals surface area contributed by atoms with Gasteiger partial charge in [0.1, 0.15) is 0 Å². The lowest BCUT2D eigenvalue weighted by atomic mass is 9.78. The topological polar surface area (TPSA) is 30.0 Å². The van der Waals surface area contributed by atoms with Gasteiger partial charge in [0, 0.05) is 12.1 Å². The van der Waals surface area contributed by atoms with Crippen LogP contribution in [0.15, 0.2) is 6.20 Å². The third kappa shape index (κ3) is 3.59. The van der Waals surface area contributed by atoms with Crippen LogP contribution in [-0.4, -0.2) is 10.8 Å². The highest BCUT2D eigenvalue weighted by Gasteiger charge is 2.36. The van der Waals surface area contributed by atoms with Gasteiger partial charge in [-0.2, -0.15) is 13.2 Å². The molecule has 6 heteroatoms. The minimum atomic E-state index is -4.46. The summed E-state index contributed by atoms with van der Waals surface area (Å²) >= 11 is 0.467. The Kier molecular flexibility index (Phi) is 4.83. The molecule has 0 amide bonds. The van der Waals surface area contributed by atoms with Crippen LogP contribution in [0.2, 0.25) is 0 Å². The van der Waals surface area contributed by atoms with E-state index in [-0.39, 0.29) is 16.6 Å². The molecular weight excluding hydrogens is 287 g/mol. The minimum Gasteiger partial charge on any atom is -0.293 e. The molecule has 1 aromatic heterocycles. The Hall–Kier alpha value is -0.910. The number of aromatic nitrogens is 1. The van der Waals surface area contributed by atoms with E-state index in [1.165, 1.54) is 6.42 Å². The number of alkyl halides is 3. The monoisotopic (exact) mass is 305 g/mol. The van der Waals surface area contributed by atoms with Gasteiger partial charge < -0.3 is 0 Å². The molecule has 2 nitrogen and oxygen atoms in total. The Labute approximate surface area is 120 Å². The molecule has 2 rings (SSSR count). The third-order valence-electron chi connectivity index (χ3n) is 3.91. The van der Waals surface area contributed by atoms with Crippen LogP contribution in [-0.2, 0) is 6.18 Å². The first kappa shape index (κ1) is 15.5. The number of carbonyl (C=O) groups is 1. The van der Waals surface area contributed by atoms with Gasteiger partial charge in [-0.1, -0.05) is 19.8 Å². The molecule has 112 valence electrons. The van der Waals surface area contributed by atoms with Crippen LogP contribution in [0, 0.1) is 11.8 Å². The van der Waals surface area contributed by atoms with Gasteiger partial charge in [-0.15, -0.1) is 11.3 Å². The zero-order valence-corrected chi connectivity index (χ0v) is 12.2. The Balaban J connectivity index is 1.97. The number of nitrogens with zero attached hydrogens (tertiary/aromatic N) is 1. The molecule has 0 atom stereocenters. The van der Waals surface area contributed by atoms with Gasteiger partial charge in [0.25, 0.3) is 0 Å². The Bertz CT molecular complexity index is 461. The van der Waals surface area contributed by atoms with Crippen molar-refractivity contribution in [3.8, 4) is 0 Å². The van der Waals surface area contributed by atoms with Gasteiger partial charge in [0.2, 0.25) is 0 Å². The van der Waals surface area contributed by atoms with Gasteiger partial charge in [-0.25, -0.2) is 4.98 Å². The van der Waals surface area contributed by atoms with Crippen molar-refractivity contribution >= 4 is 17.1 Å². The average Bonchev–Trinajstić information content (AvgIpc) is 2.89. The Morgan fingerprint density at radius 1 is 1.35 bits per heavy atom. The fourth-order valence-electron chi connectivity index (χ4n) is 2.84. The molecule has 0 aliphatic heterocycles. The van der Waals surface area contributed by atoms with Crippen molar-refractivity contribution in [2.75, 3.05) is 0 Å². The van der Waals surface area contributed by atoms with Crippen molar-refractivity contribution in [1.82, 2.24) is 4.98 Å². The minimum absolute atomic E-state index is 0.121. The molecule has 0 aromatic carbocycles. The maximum absolute atomic E-state index is 12.5. The predicted octanol–water partition coefficient (Wildman–Crippen LogP) is 4.95. The predicted molar refractivity (Wildman–Crippen MR) is 71.8 cm³/mol. The molecule has 0 radical (unpaired) electrons. The second-order valence-corrected chi connectivity index (χ2v) is 6.43. The highest BCUT2D eigenvalue weighted by atomic mass is 32.1. The zero-order chi connectivity index (χ0) is 14.8. The molecule has 1 saturated carbocycles. The first-order valence-electron chi connectivity index (χ1n) is 6.99. The summed E-state index contributed by atoms with van der Waals surface area (Å²) in [7, 11) is 0. The first-order chi connectivity index (χ1) is 9.41. The molecule has 1 aliphatic rings. The average molecular weight is 305 g/mol. The summed E-state index contributed by atoms with van der Waals surface area (Å²) in [6.45, 7) is 2.15. The summed E-state index contributed by atoms with van der Waals surface area (Å²) < 4.78 is 37.4. The van der Waals surface area contributed by atoms with Crippen molar-refractivity contribution in [3.63, 3.8) is 0 Å². The summed E-state index contributed by atoms with van der Waals surface area (Å²) in [5.74, 6) is 0.397. The lowest BCUT2D eigenvalue weighted by Gasteiger charge is -2.26. The SMILES string of the molecule is CCCC1CCC(C(=O)c2cnc(C(F)(F)F)s2)CC1. The van der Waals surface area contributed by atoms with E-state index in [0.29, 0.717) is 17.3 Å². The molecule has 0 saturated heterocycles. The highest BCUT2D eigenvalue weighted by Crippen LogP contribution is 2.36. The number of rotatable bonds is 4. The first-order valence-corrected chi connectivity index (χ1v) is 7.80. The molecular formula is C14H18F3NOS. The van der Waals surface area contributed by atoms with Gasteiger partial charge in [0.15, 0.2) is 10.8 Å². The van der Waals surface area contributed by atoms with Crippen LogP contribution in [0.25, 0.3) is 0 Å². The largest absolute Gasteiger partial charge is 0.443 e. The fourth-order valence-corrected chi connectivity index (χ4v) is 3.64. The molecule has 1 heterocycles. The van der Waals surface area contributed by atoms with Gasteiger partial charge in [-0.3, -0.25) is 4.79 Å². The van der Waals surface area contributed by atoms with Crippen LogP contribution < -0.4 is 0 Å². The molecule has 0 spiro atoms. The summed E-state index contributed by atoms with van der Waals surface area (Å²) in [6, 6.07) is 0. The third-order valence-corrected chi connectivity index (χ3v) is 4.96. The van der Waals surface area contributed by atoms with Crippen molar-refractivity contribution < 1.29 is 18.0 Å². The Morgan fingerprint density at radius 3 is 2.50 bits per heavy atom. The van der Waals surface area contributed by atoms with E-state index in [4.69, 9.17) is 0 Å². The fraction of sp³-hybridized carbons (Fsp3) is 0.714. The van der Waals surface area contributed by atoms with Gasteiger partial charge in [0.05, 0.1) is 4.88 Å². The van der Waals surface area contributed by atoms with E-state index in [1.54, 1.807) is 0 Å². The smallest absolute Gasteiger partial charge is 0.293 e. The van der Waals surface area contributed by atoms with E-state index in [0.717, 1.165) is 38.3 Å².